The quantitative estimate of drug-likeness (QED) is 0.787. The van der Waals surface area contributed by atoms with E-state index in [1.165, 1.54) is 5.39 Å². The Bertz CT molecular complexity index is 891. The Hall–Kier alpha value is -2.56. The molecule has 2 heterocycles. The minimum absolute atomic E-state index is 0.0565. The summed E-state index contributed by atoms with van der Waals surface area (Å²) in [5.41, 5.74) is -0.195. The fraction of sp³-hybridized carbons (Fsp3) is 0.400. The summed E-state index contributed by atoms with van der Waals surface area (Å²) in [6.45, 7) is 0.626. The molecule has 1 saturated carbocycles. The average Bonchev–Trinajstić information content (AvgIpc) is 3.21. The van der Waals surface area contributed by atoms with Crippen molar-refractivity contribution in [3.05, 3.63) is 48.0 Å². The summed E-state index contributed by atoms with van der Waals surface area (Å²) >= 11 is 0. The number of carbonyl (C=O) groups is 2. The van der Waals surface area contributed by atoms with Gasteiger partial charge in [-0.1, -0.05) is 42.5 Å². The zero-order valence-corrected chi connectivity index (χ0v) is 13.7. The fourth-order valence-corrected chi connectivity index (χ4v) is 4.82. The summed E-state index contributed by atoms with van der Waals surface area (Å²) in [5, 5.41) is 2.33. The van der Waals surface area contributed by atoms with Crippen LogP contribution in [0.5, 0.6) is 0 Å². The molecule has 25 heavy (non-hydrogen) atoms. The molecule has 0 radical (unpaired) electrons. The fourth-order valence-electron chi connectivity index (χ4n) is 4.82. The molecule has 2 saturated heterocycles. The monoisotopic (exact) mass is 338 g/mol. The molecule has 0 amide bonds. The lowest BCUT2D eigenvalue weighted by Crippen LogP contribution is -2.36. The Labute approximate surface area is 144 Å². The molecule has 3 fully saturated rings. The lowest BCUT2D eigenvalue weighted by Gasteiger charge is -2.26. The smallest absolute Gasteiger partial charge is 0.465 e. The minimum atomic E-state index is -0.669. The molecule has 3 unspecified atom stereocenters. The van der Waals surface area contributed by atoms with Gasteiger partial charge in [0.15, 0.2) is 5.60 Å². The minimum Gasteiger partial charge on any atom is -0.465 e. The molecule has 0 aromatic heterocycles. The highest BCUT2D eigenvalue weighted by Gasteiger charge is 2.66. The number of fused-ring (bicyclic) bond motifs is 2. The van der Waals surface area contributed by atoms with Crippen LogP contribution >= 0.6 is 0 Å². The van der Waals surface area contributed by atoms with Gasteiger partial charge in [-0.15, -0.1) is 0 Å². The van der Waals surface area contributed by atoms with Crippen molar-refractivity contribution in [2.45, 2.75) is 24.9 Å². The van der Waals surface area contributed by atoms with E-state index in [0.717, 1.165) is 10.9 Å². The third-order valence-corrected chi connectivity index (χ3v) is 5.95. The van der Waals surface area contributed by atoms with E-state index in [0.29, 0.717) is 25.9 Å². The standard InChI is InChI=1S/C20H18O5/c21-17-20(8-13-5-6-14-3-1-2-4-15(14)7-13)11-19(9-16(20)10-23-17)12-24-18(22)25-19/h1-7,16H,8-12H2. The Morgan fingerprint density at radius 2 is 1.88 bits per heavy atom. The molecule has 1 spiro atoms. The van der Waals surface area contributed by atoms with Gasteiger partial charge in [0.25, 0.3) is 0 Å². The van der Waals surface area contributed by atoms with Gasteiger partial charge in [0.1, 0.15) is 6.61 Å². The van der Waals surface area contributed by atoms with Crippen molar-refractivity contribution in [1.29, 1.82) is 0 Å². The van der Waals surface area contributed by atoms with Crippen molar-refractivity contribution in [2.24, 2.45) is 11.3 Å². The van der Waals surface area contributed by atoms with Crippen molar-refractivity contribution >= 4 is 22.9 Å². The van der Waals surface area contributed by atoms with E-state index in [2.05, 4.69) is 30.3 Å². The molecule has 0 bridgehead atoms. The number of hydrogen-bond donors (Lipinski definition) is 0. The predicted molar refractivity (Wildman–Crippen MR) is 88.9 cm³/mol. The maximum Gasteiger partial charge on any atom is 0.509 e. The third-order valence-electron chi connectivity index (χ3n) is 5.95. The van der Waals surface area contributed by atoms with Gasteiger partial charge in [0.05, 0.1) is 12.0 Å². The number of rotatable bonds is 2. The van der Waals surface area contributed by atoms with Crippen LogP contribution in [0.25, 0.3) is 10.8 Å². The normalized spacial score (nSPS) is 33.4. The first-order chi connectivity index (χ1) is 12.1. The van der Waals surface area contributed by atoms with Crippen LogP contribution in [0.3, 0.4) is 0 Å². The predicted octanol–water partition coefficient (Wildman–Crippen LogP) is 3.24. The number of ether oxygens (including phenoxy) is 3. The van der Waals surface area contributed by atoms with Crippen LogP contribution in [0.2, 0.25) is 0 Å². The van der Waals surface area contributed by atoms with Crippen molar-refractivity contribution in [3.63, 3.8) is 0 Å². The number of carbonyl (C=O) groups excluding carboxylic acids is 2. The largest absolute Gasteiger partial charge is 0.509 e. The SMILES string of the molecule is O=C1OCC2(CC3COC(=O)C3(Cc3ccc4ccccc4c3)C2)O1. The van der Waals surface area contributed by atoms with E-state index in [1.807, 2.05) is 12.1 Å². The highest BCUT2D eigenvalue weighted by molar-refractivity contribution is 5.84. The van der Waals surface area contributed by atoms with Crippen LogP contribution in [-0.2, 0) is 25.4 Å². The summed E-state index contributed by atoms with van der Waals surface area (Å²) in [7, 11) is 0. The molecule has 128 valence electrons. The van der Waals surface area contributed by atoms with Crippen molar-refractivity contribution < 1.29 is 23.8 Å². The molecule has 3 atom stereocenters. The maximum atomic E-state index is 12.7. The molecule has 0 N–H and O–H groups in total. The van der Waals surface area contributed by atoms with Crippen LogP contribution in [0, 0.1) is 11.3 Å². The Morgan fingerprint density at radius 3 is 2.68 bits per heavy atom. The van der Waals surface area contributed by atoms with Gasteiger partial charge in [0, 0.05) is 12.3 Å². The lowest BCUT2D eigenvalue weighted by atomic mass is 9.74. The lowest BCUT2D eigenvalue weighted by molar-refractivity contribution is -0.147. The molecule has 1 aliphatic carbocycles. The summed E-state index contributed by atoms with van der Waals surface area (Å²) in [6.07, 6.45) is 1.06. The van der Waals surface area contributed by atoms with E-state index < -0.39 is 17.2 Å². The highest BCUT2D eigenvalue weighted by Crippen LogP contribution is 2.57. The Balaban J connectivity index is 1.51. The summed E-state index contributed by atoms with van der Waals surface area (Å²) in [4.78, 5) is 24.1. The van der Waals surface area contributed by atoms with Crippen LogP contribution in [0.1, 0.15) is 18.4 Å². The van der Waals surface area contributed by atoms with Crippen LogP contribution < -0.4 is 0 Å². The summed E-state index contributed by atoms with van der Waals surface area (Å²) in [6, 6.07) is 14.5. The van der Waals surface area contributed by atoms with E-state index in [1.54, 1.807) is 0 Å². The van der Waals surface area contributed by atoms with Gasteiger partial charge in [0.2, 0.25) is 0 Å². The van der Waals surface area contributed by atoms with Crippen molar-refractivity contribution in [2.75, 3.05) is 13.2 Å². The van der Waals surface area contributed by atoms with Gasteiger partial charge in [-0.25, -0.2) is 4.79 Å². The van der Waals surface area contributed by atoms with Gasteiger partial charge in [-0.2, -0.15) is 0 Å². The zero-order valence-electron chi connectivity index (χ0n) is 13.7. The Morgan fingerprint density at radius 1 is 1.04 bits per heavy atom. The van der Waals surface area contributed by atoms with E-state index >= 15 is 0 Å². The van der Waals surface area contributed by atoms with Gasteiger partial charge in [-0.05, 0) is 29.2 Å². The van der Waals surface area contributed by atoms with Crippen LogP contribution in [-0.4, -0.2) is 30.9 Å². The molecule has 2 aliphatic heterocycles. The molecule has 2 aromatic rings. The molecule has 2 aromatic carbocycles. The molecular formula is C20H18O5. The molecule has 3 aliphatic rings. The molecule has 5 heteroatoms. The number of cyclic esters (lactones) is 2. The second kappa shape index (κ2) is 4.97. The van der Waals surface area contributed by atoms with Crippen LogP contribution in [0.15, 0.2) is 42.5 Å². The van der Waals surface area contributed by atoms with Crippen LogP contribution in [0.4, 0.5) is 4.79 Å². The first-order valence-corrected chi connectivity index (χ1v) is 8.59. The summed E-state index contributed by atoms with van der Waals surface area (Å²) < 4.78 is 15.9. The highest BCUT2D eigenvalue weighted by atomic mass is 16.8. The van der Waals surface area contributed by atoms with Crippen molar-refractivity contribution in [3.8, 4) is 0 Å². The number of esters is 1. The first-order valence-electron chi connectivity index (χ1n) is 8.59. The topological polar surface area (TPSA) is 61.8 Å². The summed E-state index contributed by atoms with van der Waals surface area (Å²) in [5.74, 6) is -0.119. The third kappa shape index (κ3) is 2.15. The maximum absolute atomic E-state index is 12.7. The second-order valence-electron chi connectivity index (χ2n) is 7.51. The van der Waals surface area contributed by atoms with Gasteiger partial charge >= 0.3 is 12.1 Å². The van der Waals surface area contributed by atoms with Gasteiger partial charge < -0.3 is 14.2 Å². The average molecular weight is 338 g/mol. The van der Waals surface area contributed by atoms with Gasteiger partial charge in [-0.3, -0.25) is 4.79 Å². The molecule has 5 rings (SSSR count). The van der Waals surface area contributed by atoms with Crippen molar-refractivity contribution in [1.82, 2.24) is 0 Å². The van der Waals surface area contributed by atoms with E-state index in [4.69, 9.17) is 14.2 Å². The molecule has 5 nitrogen and oxygen atoms in total. The van der Waals surface area contributed by atoms with E-state index in [9.17, 15) is 9.59 Å². The van der Waals surface area contributed by atoms with E-state index in [-0.39, 0.29) is 18.5 Å². The second-order valence-corrected chi connectivity index (χ2v) is 7.51. The zero-order chi connectivity index (χ0) is 17.1. The molecular weight excluding hydrogens is 320 g/mol. The number of benzene rings is 2. The number of hydrogen-bond acceptors (Lipinski definition) is 5. The Kier molecular flexibility index (Phi) is 2.94. The first kappa shape index (κ1) is 14.8.